The molecule has 3 rings (SSSR count). The Morgan fingerprint density at radius 1 is 1.21 bits per heavy atom. The van der Waals surface area contributed by atoms with Gasteiger partial charge in [-0.25, -0.2) is 4.79 Å². The Hall–Kier alpha value is -2.05. The molecule has 2 aliphatic rings. The number of carbonyl (C=O) groups excluding carboxylic acids is 2. The van der Waals surface area contributed by atoms with Crippen LogP contribution in [0.15, 0.2) is 6.20 Å². The summed E-state index contributed by atoms with van der Waals surface area (Å²) in [5.41, 5.74) is 2.34. The van der Waals surface area contributed by atoms with Crippen molar-refractivity contribution in [1.82, 2.24) is 25.7 Å². The highest BCUT2D eigenvalue weighted by Crippen LogP contribution is 2.29. The normalized spacial score (nSPS) is 20.0. The van der Waals surface area contributed by atoms with Crippen LogP contribution in [0.1, 0.15) is 55.8 Å². The Balaban J connectivity index is 1.34. The number of nitrogens with one attached hydrogen (secondary N) is 3. The smallest absolute Gasteiger partial charge is 0.315 e. The highest BCUT2D eigenvalue weighted by Gasteiger charge is 2.25. The average Bonchev–Trinajstić information content (AvgIpc) is 2.88. The minimum atomic E-state index is -0.151. The molecule has 1 heterocycles. The summed E-state index contributed by atoms with van der Waals surface area (Å²) in [6, 6.07) is -0.109. The topological polar surface area (TPSA) is 88.1 Å². The first-order valence-corrected chi connectivity index (χ1v) is 8.98. The summed E-state index contributed by atoms with van der Waals surface area (Å²) >= 11 is 0. The van der Waals surface area contributed by atoms with Crippen molar-refractivity contribution in [3.8, 4) is 0 Å². The third-order valence-corrected chi connectivity index (χ3v) is 5.10. The van der Waals surface area contributed by atoms with Gasteiger partial charge in [0.2, 0.25) is 5.91 Å². The van der Waals surface area contributed by atoms with E-state index in [0.717, 1.165) is 44.1 Å². The Morgan fingerprint density at radius 2 is 2.00 bits per heavy atom. The van der Waals surface area contributed by atoms with E-state index < -0.39 is 0 Å². The van der Waals surface area contributed by atoms with Crippen LogP contribution in [0.3, 0.4) is 0 Å². The molecule has 7 heteroatoms. The third kappa shape index (κ3) is 3.88. The number of amides is 3. The lowest BCUT2D eigenvalue weighted by Gasteiger charge is -2.24. The van der Waals surface area contributed by atoms with E-state index >= 15 is 0 Å². The molecule has 0 saturated heterocycles. The Kier molecular flexibility index (Phi) is 5.37. The molecule has 1 aromatic rings. The Bertz CT molecular complexity index is 594. The van der Waals surface area contributed by atoms with Gasteiger partial charge in [-0.2, -0.15) is 5.10 Å². The van der Waals surface area contributed by atoms with Crippen LogP contribution in [-0.4, -0.2) is 34.8 Å². The van der Waals surface area contributed by atoms with Gasteiger partial charge in [0.25, 0.3) is 0 Å². The second-order valence-electron chi connectivity index (χ2n) is 6.79. The van der Waals surface area contributed by atoms with Gasteiger partial charge >= 0.3 is 6.03 Å². The molecule has 1 atom stereocenters. The number of carbonyl (C=O) groups is 2. The van der Waals surface area contributed by atoms with E-state index in [2.05, 4.69) is 21.0 Å². The molecule has 1 aromatic heterocycles. The second-order valence-corrected chi connectivity index (χ2v) is 6.79. The van der Waals surface area contributed by atoms with Gasteiger partial charge < -0.3 is 16.0 Å². The van der Waals surface area contributed by atoms with Gasteiger partial charge in [0, 0.05) is 37.3 Å². The summed E-state index contributed by atoms with van der Waals surface area (Å²) in [4.78, 5) is 23.7. The molecule has 3 N–H and O–H groups in total. The van der Waals surface area contributed by atoms with Crippen molar-refractivity contribution in [2.75, 3.05) is 13.1 Å². The van der Waals surface area contributed by atoms with Crippen molar-refractivity contribution in [3.63, 3.8) is 0 Å². The number of hydrogen-bond acceptors (Lipinski definition) is 3. The predicted molar refractivity (Wildman–Crippen MR) is 90.4 cm³/mol. The van der Waals surface area contributed by atoms with Gasteiger partial charge in [-0.15, -0.1) is 0 Å². The van der Waals surface area contributed by atoms with Gasteiger partial charge in [-0.3, -0.25) is 9.48 Å². The lowest BCUT2D eigenvalue weighted by molar-refractivity contribution is -0.127. The number of aromatic nitrogens is 2. The molecule has 3 amide bonds. The lowest BCUT2D eigenvalue weighted by Crippen LogP contribution is -2.40. The monoisotopic (exact) mass is 333 g/mol. The van der Waals surface area contributed by atoms with E-state index in [-0.39, 0.29) is 23.9 Å². The highest BCUT2D eigenvalue weighted by molar-refractivity contribution is 5.79. The molecule has 0 aliphatic heterocycles. The highest BCUT2D eigenvalue weighted by atomic mass is 16.2. The first-order valence-electron chi connectivity index (χ1n) is 8.98. The number of hydrogen-bond donors (Lipinski definition) is 3. The zero-order chi connectivity index (χ0) is 16.9. The van der Waals surface area contributed by atoms with Crippen molar-refractivity contribution in [1.29, 1.82) is 0 Å². The van der Waals surface area contributed by atoms with E-state index in [0.29, 0.717) is 13.1 Å². The maximum absolute atomic E-state index is 12.1. The number of fused-ring (bicyclic) bond motifs is 1. The maximum atomic E-state index is 12.1. The minimum absolute atomic E-state index is 0.0424. The van der Waals surface area contributed by atoms with Crippen molar-refractivity contribution in [2.24, 2.45) is 13.0 Å². The number of rotatable bonds is 6. The Labute approximate surface area is 142 Å². The van der Waals surface area contributed by atoms with Gasteiger partial charge in [0.15, 0.2) is 0 Å². The first-order chi connectivity index (χ1) is 11.6. The van der Waals surface area contributed by atoms with Crippen molar-refractivity contribution in [2.45, 2.75) is 51.0 Å². The molecule has 1 fully saturated rings. The van der Waals surface area contributed by atoms with Crippen LogP contribution in [0, 0.1) is 5.92 Å². The van der Waals surface area contributed by atoms with Gasteiger partial charge in [-0.1, -0.05) is 6.42 Å². The van der Waals surface area contributed by atoms with Gasteiger partial charge in [0.05, 0.1) is 12.2 Å². The predicted octanol–water partition coefficient (Wildman–Crippen LogP) is 1.40. The molecule has 24 heavy (non-hydrogen) atoms. The molecule has 0 aromatic carbocycles. The van der Waals surface area contributed by atoms with Crippen LogP contribution in [-0.2, 0) is 18.3 Å². The standard InChI is InChI=1S/C17H27N5O2/c1-22-15-8-3-7-14(13(15)11-20-22)21-17(24)19-10-4-9-18-16(23)12-5-2-6-12/h11-12,14H,2-10H2,1H3,(H,18,23)(H2,19,21,24)/t14-/m1/s1. The summed E-state index contributed by atoms with van der Waals surface area (Å²) < 4.78 is 1.89. The molecule has 0 spiro atoms. The van der Waals surface area contributed by atoms with Crippen LogP contribution in [0.2, 0.25) is 0 Å². The fourth-order valence-corrected chi connectivity index (χ4v) is 3.38. The Morgan fingerprint density at radius 3 is 2.75 bits per heavy atom. The molecule has 0 bridgehead atoms. The molecule has 132 valence electrons. The lowest BCUT2D eigenvalue weighted by atomic mass is 9.85. The quantitative estimate of drug-likeness (QED) is 0.688. The first kappa shape index (κ1) is 16.8. The van der Waals surface area contributed by atoms with E-state index in [9.17, 15) is 9.59 Å². The molecule has 0 unspecified atom stereocenters. The minimum Gasteiger partial charge on any atom is -0.356 e. The summed E-state index contributed by atoms with van der Waals surface area (Å²) in [5.74, 6) is 0.387. The molecular formula is C17H27N5O2. The van der Waals surface area contributed by atoms with Crippen LogP contribution in [0.25, 0.3) is 0 Å². The molecular weight excluding hydrogens is 306 g/mol. The molecule has 0 radical (unpaired) electrons. The number of aryl methyl sites for hydroxylation is 1. The van der Waals surface area contributed by atoms with Crippen LogP contribution in [0.5, 0.6) is 0 Å². The zero-order valence-electron chi connectivity index (χ0n) is 14.3. The van der Waals surface area contributed by atoms with E-state index in [1.165, 1.54) is 12.1 Å². The van der Waals surface area contributed by atoms with Crippen molar-refractivity contribution in [3.05, 3.63) is 17.5 Å². The summed E-state index contributed by atoms with van der Waals surface area (Å²) in [6.45, 7) is 1.18. The third-order valence-electron chi connectivity index (χ3n) is 5.10. The van der Waals surface area contributed by atoms with E-state index in [1.54, 1.807) is 0 Å². The molecule has 1 saturated carbocycles. The van der Waals surface area contributed by atoms with Gasteiger partial charge in [-0.05, 0) is 38.5 Å². The van der Waals surface area contributed by atoms with Crippen molar-refractivity contribution < 1.29 is 9.59 Å². The number of nitrogens with zero attached hydrogens (tertiary/aromatic N) is 2. The van der Waals surface area contributed by atoms with Crippen molar-refractivity contribution >= 4 is 11.9 Å². The molecule has 2 aliphatic carbocycles. The SMILES string of the molecule is Cn1ncc2c1CCC[C@H]2NC(=O)NCCCNC(=O)C1CCC1. The van der Waals surface area contributed by atoms with Crippen LogP contribution < -0.4 is 16.0 Å². The maximum Gasteiger partial charge on any atom is 0.315 e. The average molecular weight is 333 g/mol. The fourth-order valence-electron chi connectivity index (χ4n) is 3.38. The van der Waals surface area contributed by atoms with Crippen LogP contribution in [0.4, 0.5) is 4.79 Å². The summed E-state index contributed by atoms with van der Waals surface area (Å²) in [6.07, 6.45) is 8.83. The summed E-state index contributed by atoms with van der Waals surface area (Å²) in [5, 5.41) is 13.1. The fraction of sp³-hybridized carbons (Fsp3) is 0.706. The summed E-state index contributed by atoms with van der Waals surface area (Å²) in [7, 11) is 1.94. The largest absolute Gasteiger partial charge is 0.356 e. The second kappa shape index (κ2) is 7.68. The van der Waals surface area contributed by atoms with Crippen LogP contribution >= 0.6 is 0 Å². The molecule has 7 nitrogen and oxygen atoms in total. The zero-order valence-corrected chi connectivity index (χ0v) is 14.3. The number of urea groups is 1. The van der Waals surface area contributed by atoms with E-state index in [4.69, 9.17) is 0 Å². The van der Waals surface area contributed by atoms with E-state index in [1.807, 2.05) is 17.9 Å². The van der Waals surface area contributed by atoms with Gasteiger partial charge in [0.1, 0.15) is 0 Å².